The maximum absolute atomic E-state index is 13.7. The van der Waals surface area contributed by atoms with Gasteiger partial charge >= 0.3 is 0 Å². The number of rotatable bonds is 12. The van der Waals surface area contributed by atoms with Gasteiger partial charge in [0.25, 0.3) is 5.91 Å². The Morgan fingerprint density at radius 2 is 1.54 bits per heavy atom. The average Bonchev–Trinajstić information content (AvgIpc) is 2.91. The highest BCUT2D eigenvalue weighted by Crippen LogP contribution is 2.27. The highest BCUT2D eigenvalue weighted by atomic mass is 35.5. The van der Waals surface area contributed by atoms with E-state index in [-0.39, 0.29) is 31.0 Å². The van der Waals surface area contributed by atoms with E-state index in [0.717, 1.165) is 18.4 Å². The van der Waals surface area contributed by atoms with Crippen LogP contribution < -0.4 is 10.1 Å². The highest BCUT2D eigenvalue weighted by molar-refractivity contribution is 6.36. The maximum Gasteiger partial charge on any atom is 0.261 e. The summed E-state index contributed by atoms with van der Waals surface area (Å²) in [6, 6.07) is 21.6. The number of nitrogens with zero attached hydrogens (tertiary/aromatic N) is 1. The van der Waals surface area contributed by atoms with Crippen LogP contribution in [0.3, 0.4) is 0 Å². The van der Waals surface area contributed by atoms with Crippen LogP contribution in [0.15, 0.2) is 72.8 Å². The van der Waals surface area contributed by atoms with Crippen molar-refractivity contribution in [2.45, 2.75) is 58.7 Å². The van der Waals surface area contributed by atoms with Gasteiger partial charge in [0.2, 0.25) is 5.91 Å². The zero-order chi connectivity index (χ0) is 26.8. The molecule has 1 N–H and O–H groups in total. The van der Waals surface area contributed by atoms with Gasteiger partial charge < -0.3 is 15.0 Å². The Morgan fingerprint density at radius 1 is 0.892 bits per heavy atom. The Balaban J connectivity index is 1.94. The summed E-state index contributed by atoms with van der Waals surface area (Å²) < 4.78 is 5.84. The molecule has 2 amide bonds. The number of halogens is 2. The van der Waals surface area contributed by atoms with Gasteiger partial charge in [-0.2, -0.15) is 0 Å². The van der Waals surface area contributed by atoms with Crippen molar-refractivity contribution in [1.29, 1.82) is 0 Å². The number of carbonyl (C=O) groups is 2. The molecule has 0 aliphatic heterocycles. The second-order valence-electron chi connectivity index (χ2n) is 9.03. The van der Waals surface area contributed by atoms with Crippen LogP contribution in [0.2, 0.25) is 10.0 Å². The number of benzene rings is 3. The van der Waals surface area contributed by atoms with Crippen molar-refractivity contribution in [3.8, 4) is 5.75 Å². The maximum atomic E-state index is 13.7. The number of nitrogens with one attached hydrogen (secondary N) is 1. The third-order valence-corrected chi connectivity index (χ3v) is 7.06. The van der Waals surface area contributed by atoms with Gasteiger partial charge in [-0.15, -0.1) is 0 Å². The molecule has 7 heteroatoms. The summed E-state index contributed by atoms with van der Waals surface area (Å²) in [4.78, 5) is 28.8. The number of ether oxygens (including phenoxy) is 1. The molecule has 5 nitrogen and oxygen atoms in total. The number of aryl methyl sites for hydroxylation is 1. The molecular formula is C30H34Cl2N2O3. The molecule has 0 bridgehead atoms. The van der Waals surface area contributed by atoms with Gasteiger partial charge in [-0.05, 0) is 55.2 Å². The van der Waals surface area contributed by atoms with Crippen LogP contribution in [-0.2, 0) is 29.0 Å². The van der Waals surface area contributed by atoms with Gasteiger partial charge in [0.1, 0.15) is 11.8 Å². The topological polar surface area (TPSA) is 58.6 Å². The Hall–Kier alpha value is -3.02. The fraction of sp³-hybridized carbons (Fsp3) is 0.333. The molecule has 3 aromatic rings. The van der Waals surface area contributed by atoms with E-state index < -0.39 is 6.04 Å². The van der Waals surface area contributed by atoms with Crippen LogP contribution in [0.4, 0.5) is 0 Å². The molecule has 2 atom stereocenters. The van der Waals surface area contributed by atoms with Crippen molar-refractivity contribution in [1.82, 2.24) is 10.2 Å². The minimum absolute atomic E-state index is 0.0417. The van der Waals surface area contributed by atoms with Crippen LogP contribution >= 0.6 is 23.2 Å². The SMILES string of the molecule is CCc1ccc(OCC(=O)N(Cc2c(Cl)cccc2Cl)[C@@H](Cc2ccccc2)C(=O)N[C@@H](C)CC)cc1. The quantitative estimate of drug-likeness (QED) is 0.285. The predicted octanol–water partition coefficient (Wildman–Crippen LogP) is 6.49. The number of amides is 2. The van der Waals surface area contributed by atoms with E-state index in [4.69, 9.17) is 27.9 Å². The van der Waals surface area contributed by atoms with E-state index in [0.29, 0.717) is 27.8 Å². The molecule has 0 aliphatic rings. The molecule has 0 saturated carbocycles. The molecule has 0 spiro atoms. The summed E-state index contributed by atoms with van der Waals surface area (Å²) >= 11 is 13.0. The van der Waals surface area contributed by atoms with Gasteiger partial charge in [0.15, 0.2) is 6.61 Å². The summed E-state index contributed by atoms with van der Waals surface area (Å²) in [7, 11) is 0. The largest absolute Gasteiger partial charge is 0.484 e. The molecule has 0 aliphatic carbocycles. The molecule has 3 rings (SSSR count). The summed E-state index contributed by atoms with van der Waals surface area (Å²) in [5.74, 6) is 0.0164. The molecule has 0 saturated heterocycles. The van der Waals surface area contributed by atoms with Crippen LogP contribution in [-0.4, -0.2) is 35.4 Å². The van der Waals surface area contributed by atoms with Crippen molar-refractivity contribution in [3.63, 3.8) is 0 Å². The van der Waals surface area contributed by atoms with Crippen molar-refractivity contribution >= 4 is 35.0 Å². The molecule has 3 aromatic carbocycles. The Bertz CT molecular complexity index is 1150. The first kappa shape index (κ1) is 28.5. The van der Waals surface area contributed by atoms with Crippen molar-refractivity contribution < 1.29 is 14.3 Å². The standard InChI is InChI=1S/C30H34Cl2N2O3/c1-4-21(3)33-30(36)28(18-23-10-7-6-8-11-23)34(19-25-26(31)12-9-13-27(25)32)29(35)20-37-24-16-14-22(5-2)15-17-24/h6-17,21,28H,4-5,18-20H2,1-3H3,(H,33,36)/t21-,28-/m0/s1. The summed E-state index contributed by atoms with van der Waals surface area (Å²) in [5, 5.41) is 3.91. The predicted molar refractivity (Wildman–Crippen MR) is 150 cm³/mol. The first-order valence-corrected chi connectivity index (χ1v) is 13.4. The van der Waals surface area contributed by atoms with E-state index in [1.807, 2.05) is 68.4 Å². The summed E-state index contributed by atoms with van der Waals surface area (Å²) in [6.07, 6.45) is 2.02. The van der Waals surface area contributed by atoms with Gasteiger partial charge in [-0.1, -0.05) is 85.6 Å². The van der Waals surface area contributed by atoms with Crippen molar-refractivity contribution in [2.75, 3.05) is 6.61 Å². The lowest BCUT2D eigenvalue weighted by molar-refractivity contribution is -0.143. The molecule has 196 valence electrons. The van der Waals surface area contributed by atoms with Crippen molar-refractivity contribution in [3.05, 3.63) is 99.5 Å². The van der Waals surface area contributed by atoms with E-state index in [1.54, 1.807) is 18.2 Å². The van der Waals surface area contributed by atoms with E-state index in [2.05, 4.69) is 12.2 Å². The van der Waals surface area contributed by atoms with Gasteiger partial charge in [-0.3, -0.25) is 9.59 Å². The lowest BCUT2D eigenvalue weighted by atomic mass is 10.0. The lowest BCUT2D eigenvalue weighted by Gasteiger charge is -2.32. The smallest absolute Gasteiger partial charge is 0.261 e. The number of hydrogen-bond donors (Lipinski definition) is 1. The molecule has 37 heavy (non-hydrogen) atoms. The van der Waals surface area contributed by atoms with Crippen molar-refractivity contribution in [2.24, 2.45) is 0 Å². The van der Waals surface area contributed by atoms with Crippen LogP contribution in [0, 0.1) is 0 Å². The zero-order valence-electron chi connectivity index (χ0n) is 21.5. The first-order chi connectivity index (χ1) is 17.8. The molecule has 0 fully saturated rings. The minimum atomic E-state index is -0.790. The fourth-order valence-corrected chi connectivity index (χ4v) is 4.42. The van der Waals surface area contributed by atoms with E-state index in [9.17, 15) is 9.59 Å². The second-order valence-corrected chi connectivity index (χ2v) is 9.85. The normalized spacial score (nSPS) is 12.5. The van der Waals surface area contributed by atoms with Gasteiger partial charge in [0, 0.05) is 34.6 Å². The third kappa shape index (κ3) is 8.24. The second kappa shape index (κ2) is 14.1. The molecule has 0 heterocycles. The zero-order valence-corrected chi connectivity index (χ0v) is 23.1. The van der Waals surface area contributed by atoms with Gasteiger partial charge in [0.05, 0.1) is 0 Å². The number of carbonyl (C=O) groups excluding carboxylic acids is 2. The summed E-state index contributed by atoms with van der Waals surface area (Å²) in [6.45, 7) is 5.86. The van der Waals surface area contributed by atoms with Gasteiger partial charge in [-0.25, -0.2) is 0 Å². The minimum Gasteiger partial charge on any atom is -0.484 e. The Morgan fingerprint density at radius 3 is 2.14 bits per heavy atom. The molecule has 0 aromatic heterocycles. The summed E-state index contributed by atoms with van der Waals surface area (Å²) in [5.41, 5.74) is 2.70. The molecule has 0 unspecified atom stereocenters. The van der Waals surface area contributed by atoms with E-state index >= 15 is 0 Å². The van der Waals surface area contributed by atoms with Crippen LogP contribution in [0.5, 0.6) is 5.75 Å². The highest BCUT2D eigenvalue weighted by Gasteiger charge is 2.32. The Labute approximate surface area is 229 Å². The van der Waals surface area contributed by atoms with Crippen LogP contribution in [0.25, 0.3) is 0 Å². The molecule has 0 radical (unpaired) electrons. The van der Waals surface area contributed by atoms with E-state index in [1.165, 1.54) is 10.5 Å². The van der Waals surface area contributed by atoms with Crippen LogP contribution in [0.1, 0.15) is 43.9 Å². The fourth-order valence-electron chi connectivity index (χ4n) is 3.90. The Kier molecular flexibility index (Phi) is 10.8. The first-order valence-electron chi connectivity index (χ1n) is 12.6. The third-order valence-electron chi connectivity index (χ3n) is 6.36. The number of hydrogen-bond acceptors (Lipinski definition) is 3. The lowest BCUT2D eigenvalue weighted by Crippen LogP contribution is -2.53. The average molecular weight is 542 g/mol. The molecular weight excluding hydrogens is 507 g/mol. The monoisotopic (exact) mass is 540 g/mol.